The van der Waals surface area contributed by atoms with Crippen molar-refractivity contribution in [1.29, 1.82) is 0 Å². The summed E-state index contributed by atoms with van der Waals surface area (Å²) in [5, 5.41) is 0. The van der Waals surface area contributed by atoms with Crippen LogP contribution in [0.5, 0.6) is 0 Å². The first-order valence-electron chi connectivity index (χ1n) is 6.91. The predicted molar refractivity (Wildman–Crippen MR) is 79.3 cm³/mol. The van der Waals surface area contributed by atoms with Gasteiger partial charge in [0.25, 0.3) is 0 Å². The van der Waals surface area contributed by atoms with Crippen LogP contribution in [0.4, 0.5) is 0 Å². The van der Waals surface area contributed by atoms with Crippen LogP contribution in [0.3, 0.4) is 0 Å². The highest BCUT2D eigenvalue weighted by Crippen LogP contribution is 2.30. The fraction of sp³-hybridized carbons (Fsp3) is 1.00. The van der Waals surface area contributed by atoms with E-state index in [1.165, 1.54) is 37.2 Å². The van der Waals surface area contributed by atoms with E-state index in [2.05, 4.69) is 53.3 Å². The lowest BCUT2D eigenvalue weighted by Crippen LogP contribution is -2.13. The molecular weight excluding hydrogens is 212 g/mol. The first-order valence-corrected chi connectivity index (χ1v) is 8.07. The number of hydrogen-bond donors (Lipinski definition) is 0. The molecule has 0 aromatic rings. The Labute approximate surface area is 108 Å². The summed E-state index contributed by atoms with van der Waals surface area (Å²) in [7, 11) is 0. The smallest absolute Gasteiger partial charge is 0.00444 e. The lowest BCUT2D eigenvalue weighted by Gasteiger charge is -2.25. The highest BCUT2D eigenvalue weighted by Gasteiger charge is 2.17. The van der Waals surface area contributed by atoms with Crippen molar-refractivity contribution < 1.29 is 0 Å². The van der Waals surface area contributed by atoms with Crippen LogP contribution in [0.2, 0.25) is 0 Å². The van der Waals surface area contributed by atoms with Crippen molar-refractivity contribution >= 4 is 11.8 Å². The summed E-state index contributed by atoms with van der Waals surface area (Å²) in [5.41, 5.74) is 0.554. The Kier molecular flexibility index (Phi) is 8.63. The summed E-state index contributed by atoms with van der Waals surface area (Å²) >= 11 is 2.13. The molecule has 0 bridgehead atoms. The largest absolute Gasteiger partial charge is 0.162 e. The Morgan fingerprint density at radius 2 is 1.56 bits per heavy atom. The Balaban J connectivity index is 3.53. The monoisotopic (exact) mass is 244 g/mol. The molecule has 0 saturated heterocycles. The molecule has 0 aliphatic heterocycles. The van der Waals surface area contributed by atoms with Crippen molar-refractivity contribution in [3.05, 3.63) is 0 Å². The molecule has 0 atom stereocenters. The van der Waals surface area contributed by atoms with Gasteiger partial charge in [0, 0.05) is 0 Å². The van der Waals surface area contributed by atoms with E-state index in [1.54, 1.807) is 0 Å². The van der Waals surface area contributed by atoms with Gasteiger partial charge < -0.3 is 0 Å². The molecule has 98 valence electrons. The molecule has 0 heterocycles. The SMILES string of the molecule is CC(C)CCCC(C)(C)CCSCC(C)C. The maximum absolute atomic E-state index is 2.43. The van der Waals surface area contributed by atoms with E-state index in [0.717, 1.165) is 11.8 Å². The van der Waals surface area contributed by atoms with E-state index in [-0.39, 0.29) is 0 Å². The van der Waals surface area contributed by atoms with E-state index in [9.17, 15) is 0 Å². The fourth-order valence-corrected chi connectivity index (χ4v) is 3.12. The van der Waals surface area contributed by atoms with Gasteiger partial charge in [-0.05, 0) is 41.6 Å². The van der Waals surface area contributed by atoms with E-state index in [4.69, 9.17) is 0 Å². The van der Waals surface area contributed by atoms with Crippen LogP contribution in [-0.4, -0.2) is 11.5 Å². The topological polar surface area (TPSA) is 0 Å². The molecule has 0 fully saturated rings. The second-order valence-electron chi connectivity index (χ2n) is 6.67. The summed E-state index contributed by atoms with van der Waals surface area (Å²) in [4.78, 5) is 0. The zero-order chi connectivity index (χ0) is 12.6. The third-order valence-corrected chi connectivity index (χ3v) is 4.40. The lowest BCUT2D eigenvalue weighted by atomic mass is 9.84. The first kappa shape index (κ1) is 16.4. The standard InChI is InChI=1S/C15H32S/c1-13(2)8-7-9-15(5,6)10-11-16-12-14(3)4/h13-14H,7-12H2,1-6H3. The minimum atomic E-state index is 0.554. The van der Waals surface area contributed by atoms with Gasteiger partial charge in [-0.2, -0.15) is 11.8 Å². The lowest BCUT2D eigenvalue weighted by molar-refractivity contribution is 0.303. The van der Waals surface area contributed by atoms with Crippen LogP contribution in [0.1, 0.15) is 67.2 Å². The molecule has 0 rings (SSSR count). The zero-order valence-corrected chi connectivity index (χ0v) is 13.1. The Morgan fingerprint density at radius 3 is 2.06 bits per heavy atom. The Morgan fingerprint density at radius 1 is 0.938 bits per heavy atom. The number of rotatable bonds is 9. The van der Waals surface area contributed by atoms with Crippen molar-refractivity contribution in [2.75, 3.05) is 11.5 Å². The molecule has 0 aromatic heterocycles. The molecule has 0 aliphatic rings. The van der Waals surface area contributed by atoms with E-state index >= 15 is 0 Å². The normalized spacial score (nSPS) is 12.8. The molecule has 16 heavy (non-hydrogen) atoms. The van der Waals surface area contributed by atoms with Gasteiger partial charge in [-0.1, -0.05) is 54.4 Å². The predicted octanol–water partition coefficient (Wildman–Crippen LogP) is 5.62. The first-order chi connectivity index (χ1) is 7.33. The molecule has 0 radical (unpaired) electrons. The van der Waals surface area contributed by atoms with Crippen molar-refractivity contribution in [3.8, 4) is 0 Å². The molecule has 0 amide bonds. The van der Waals surface area contributed by atoms with Gasteiger partial charge in [0.15, 0.2) is 0 Å². The van der Waals surface area contributed by atoms with Crippen LogP contribution >= 0.6 is 11.8 Å². The van der Waals surface area contributed by atoms with Crippen molar-refractivity contribution in [2.45, 2.75) is 67.2 Å². The molecule has 1 heteroatoms. The third kappa shape index (κ3) is 10.9. The van der Waals surface area contributed by atoms with Crippen molar-refractivity contribution in [2.24, 2.45) is 17.3 Å². The average Bonchev–Trinajstić information content (AvgIpc) is 2.11. The van der Waals surface area contributed by atoms with Crippen molar-refractivity contribution in [3.63, 3.8) is 0 Å². The van der Waals surface area contributed by atoms with Crippen LogP contribution in [0.15, 0.2) is 0 Å². The quantitative estimate of drug-likeness (QED) is 0.474. The minimum Gasteiger partial charge on any atom is -0.162 e. The number of hydrogen-bond acceptors (Lipinski definition) is 1. The van der Waals surface area contributed by atoms with Gasteiger partial charge in [0.1, 0.15) is 0 Å². The second kappa shape index (κ2) is 8.44. The highest BCUT2D eigenvalue weighted by atomic mass is 32.2. The molecule has 0 spiro atoms. The van der Waals surface area contributed by atoms with Crippen LogP contribution < -0.4 is 0 Å². The number of thioether (sulfide) groups is 1. The maximum Gasteiger partial charge on any atom is -0.00444 e. The summed E-state index contributed by atoms with van der Waals surface area (Å²) in [6.45, 7) is 14.1. The Hall–Kier alpha value is 0.350. The van der Waals surface area contributed by atoms with E-state index in [0.29, 0.717) is 5.41 Å². The molecule has 0 saturated carbocycles. The van der Waals surface area contributed by atoms with Crippen LogP contribution in [-0.2, 0) is 0 Å². The van der Waals surface area contributed by atoms with E-state index < -0.39 is 0 Å². The fourth-order valence-electron chi connectivity index (χ4n) is 1.78. The van der Waals surface area contributed by atoms with Gasteiger partial charge in [0.2, 0.25) is 0 Å². The van der Waals surface area contributed by atoms with E-state index in [1.807, 2.05) is 0 Å². The average molecular weight is 244 g/mol. The summed E-state index contributed by atoms with van der Waals surface area (Å²) < 4.78 is 0. The van der Waals surface area contributed by atoms with Gasteiger partial charge in [0.05, 0.1) is 0 Å². The summed E-state index contributed by atoms with van der Waals surface area (Å²) in [5.74, 6) is 4.37. The molecular formula is C15H32S. The van der Waals surface area contributed by atoms with Gasteiger partial charge in [-0.25, -0.2) is 0 Å². The maximum atomic E-state index is 2.43. The molecule has 0 unspecified atom stereocenters. The molecule has 0 nitrogen and oxygen atoms in total. The third-order valence-electron chi connectivity index (χ3n) is 3.01. The van der Waals surface area contributed by atoms with Crippen molar-refractivity contribution in [1.82, 2.24) is 0 Å². The minimum absolute atomic E-state index is 0.554. The van der Waals surface area contributed by atoms with Gasteiger partial charge in [-0.3, -0.25) is 0 Å². The highest BCUT2D eigenvalue weighted by molar-refractivity contribution is 7.99. The molecule has 0 N–H and O–H groups in total. The second-order valence-corrected chi connectivity index (χ2v) is 7.82. The molecule has 0 aromatic carbocycles. The van der Waals surface area contributed by atoms with Crippen LogP contribution in [0, 0.1) is 17.3 Å². The van der Waals surface area contributed by atoms with Crippen LogP contribution in [0.25, 0.3) is 0 Å². The zero-order valence-electron chi connectivity index (χ0n) is 12.3. The van der Waals surface area contributed by atoms with Gasteiger partial charge >= 0.3 is 0 Å². The summed E-state index contributed by atoms with van der Waals surface area (Å²) in [6.07, 6.45) is 5.57. The molecule has 0 aliphatic carbocycles. The Bertz CT molecular complexity index is 159. The van der Waals surface area contributed by atoms with Gasteiger partial charge in [-0.15, -0.1) is 0 Å². The summed E-state index contributed by atoms with van der Waals surface area (Å²) in [6, 6.07) is 0.